The summed E-state index contributed by atoms with van der Waals surface area (Å²) in [6.07, 6.45) is 0. The molecule has 10 heavy (non-hydrogen) atoms. The Hall–Kier alpha value is -0.920. The van der Waals surface area contributed by atoms with Crippen molar-refractivity contribution in [2.45, 2.75) is 6.61 Å². The first kappa shape index (κ1) is 7.19. The van der Waals surface area contributed by atoms with Gasteiger partial charge in [-0.2, -0.15) is 9.65 Å². The number of nitriles is 1. The summed E-state index contributed by atoms with van der Waals surface area (Å²) in [5.41, 5.74) is 0.00838. The minimum Gasteiger partial charge on any atom is -0.391 e. The van der Waals surface area contributed by atoms with E-state index in [1.807, 2.05) is 0 Å². The predicted molar refractivity (Wildman–Crippen MR) is 34.9 cm³/mol. The van der Waals surface area contributed by atoms with E-state index in [-0.39, 0.29) is 12.2 Å². The Bertz CT molecular complexity index is 276. The molecule has 0 bridgehead atoms. The third-order valence-corrected chi connectivity index (χ3v) is 1.92. The van der Waals surface area contributed by atoms with E-state index < -0.39 is 5.13 Å². The third-order valence-electron chi connectivity index (χ3n) is 1.01. The van der Waals surface area contributed by atoms with Crippen molar-refractivity contribution in [2.24, 2.45) is 0 Å². The Balaban J connectivity index is 3.07. The van der Waals surface area contributed by atoms with E-state index in [0.717, 1.165) is 11.3 Å². The Kier molecular flexibility index (Phi) is 2.00. The first-order valence-electron chi connectivity index (χ1n) is 2.57. The van der Waals surface area contributed by atoms with Crippen molar-refractivity contribution in [1.82, 2.24) is 0 Å². The number of hydrogen-bond donors (Lipinski definition) is 1. The number of aliphatic hydroxyl groups excluding tert-OH is 1. The lowest BCUT2D eigenvalue weighted by Gasteiger charge is -1.78. The van der Waals surface area contributed by atoms with Gasteiger partial charge in [0.15, 0.2) is 5.13 Å². The van der Waals surface area contributed by atoms with Crippen LogP contribution in [0.15, 0.2) is 6.07 Å². The molecule has 0 saturated heterocycles. The topological polar surface area (TPSA) is 44.0 Å². The Labute approximate surface area is 61.2 Å². The summed E-state index contributed by atoms with van der Waals surface area (Å²) in [4.78, 5) is 0.481. The molecule has 0 unspecified atom stereocenters. The second-order valence-corrected chi connectivity index (χ2v) is 2.76. The standard InChI is InChI=1S/C6H4FNOS/c7-6-4(2-8)1-5(3-9)10-6/h1,9H,3H2. The molecule has 0 spiro atoms. The van der Waals surface area contributed by atoms with Crippen LogP contribution < -0.4 is 0 Å². The van der Waals surface area contributed by atoms with Gasteiger partial charge in [0.2, 0.25) is 0 Å². The van der Waals surface area contributed by atoms with E-state index in [9.17, 15) is 4.39 Å². The average Bonchev–Trinajstić information content (AvgIpc) is 2.30. The van der Waals surface area contributed by atoms with Crippen LogP contribution in [0.1, 0.15) is 10.4 Å². The highest BCUT2D eigenvalue weighted by atomic mass is 32.1. The van der Waals surface area contributed by atoms with Gasteiger partial charge in [-0.15, -0.1) is 11.3 Å². The number of aliphatic hydroxyl groups is 1. The minimum absolute atomic E-state index is 0.00838. The van der Waals surface area contributed by atoms with Gasteiger partial charge in [-0.05, 0) is 6.07 Å². The zero-order chi connectivity index (χ0) is 7.56. The lowest BCUT2D eigenvalue weighted by molar-refractivity contribution is 0.285. The lowest BCUT2D eigenvalue weighted by atomic mass is 10.3. The average molecular weight is 157 g/mol. The highest BCUT2D eigenvalue weighted by molar-refractivity contribution is 7.10. The second kappa shape index (κ2) is 2.78. The van der Waals surface area contributed by atoms with Gasteiger partial charge in [0.1, 0.15) is 6.07 Å². The summed E-state index contributed by atoms with van der Waals surface area (Å²) in [6, 6.07) is 3.02. The Morgan fingerprint density at radius 1 is 1.80 bits per heavy atom. The molecule has 1 N–H and O–H groups in total. The van der Waals surface area contributed by atoms with Crippen molar-refractivity contribution in [3.63, 3.8) is 0 Å². The Morgan fingerprint density at radius 2 is 2.50 bits per heavy atom. The quantitative estimate of drug-likeness (QED) is 0.666. The van der Waals surface area contributed by atoms with Crippen LogP contribution in [0, 0.1) is 16.5 Å². The molecule has 1 aromatic rings. The molecule has 0 aliphatic rings. The maximum absolute atomic E-state index is 12.5. The highest BCUT2D eigenvalue weighted by Crippen LogP contribution is 2.19. The fraction of sp³-hybridized carbons (Fsp3) is 0.167. The molecule has 4 heteroatoms. The zero-order valence-electron chi connectivity index (χ0n) is 4.97. The SMILES string of the molecule is N#Cc1cc(CO)sc1F. The van der Waals surface area contributed by atoms with Crippen molar-refractivity contribution in [3.8, 4) is 6.07 Å². The summed E-state index contributed by atoms with van der Waals surface area (Å²) >= 11 is 0.800. The molecule has 2 nitrogen and oxygen atoms in total. The van der Waals surface area contributed by atoms with Gasteiger partial charge in [0.25, 0.3) is 0 Å². The Morgan fingerprint density at radius 3 is 2.80 bits per heavy atom. The zero-order valence-corrected chi connectivity index (χ0v) is 5.78. The number of nitrogens with zero attached hydrogens (tertiary/aromatic N) is 1. The number of thiophene rings is 1. The van der Waals surface area contributed by atoms with E-state index in [1.165, 1.54) is 6.07 Å². The van der Waals surface area contributed by atoms with Crippen molar-refractivity contribution in [3.05, 3.63) is 21.6 Å². The lowest BCUT2D eigenvalue weighted by Crippen LogP contribution is -1.71. The highest BCUT2D eigenvalue weighted by Gasteiger charge is 2.05. The second-order valence-electron chi connectivity index (χ2n) is 1.67. The summed E-state index contributed by atoms with van der Waals surface area (Å²) in [5, 5.41) is 16.2. The van der Waals surface area contributed by atoms with E-state index >= 15 is 0 Å². The molecule has 0 aliphatic carbocycles. The number of halogens is 1. The molecule has 0 amide bonds. The van der Waals surface area contributed by atoms with E-state index in [0.29, 0.717) is 4.88 Å². The fourth-order valence-corrected chi connectivity index (χ4v) is 1.26. The summed E-state index contributed by atoms with van der Waals surface area (Å²) < 4.78 is 12.5. The van der Waals surface area contributed by atoms with Gasteiger partial charge in [-0.1, -0.05) is 0 Å². The smallest absolute Gasteiger partial charge is 0.194 e. The van der Waals surface area contributed by atoms with Crippen LogP contribution in [0.4, 0.5) is 4.39 Å². The van der Waals surface area contributed by atoms with Crippen molar-refractivity contribution >= 4 is 11.3 Å². The minimum atomic E-state index is -0.522. The van der Waals surface area contributed by atoms with Crippen LogP contribution in [0.25, 0.3) is 0 Å². The van der Waals surface area contributed by atoms with E-state index in [1.54, 1.807) is 6.07 Å². The monoisotopic (exact) mass is 157 g/mol. The maximum Gasteiger partial charge on any atom is 0.194 e. The molecule has 0 aliphatic heterocycles. The van der Waals surface area contributed by atoms with Crippen LogP contribution in [0.5, 0.6) is 0 Å². The van der Waals surface area contributed by atoms with Crippen LogP contribution in [-0.2, 0) is 6.61 Å². The predicted octanol–water partition coefficient (Wildman–Crippen LogP) is 1.25. The normalized spacial score (nSPS) is 9.30. The number of hydrogen-bond acceptors (Lipinski definition) is 3. The molecule has 1 aromatic heterocycles. The van der Waals surface area contributed by atoms with Crippen LogP contribution >= 0.6 is 11.3 Å². The van der Waals surface area contributed by atoms with Gasteiger partial charge >= 0.3 is 0 Å². The van der Waals surface area contributed by atoms with Crippen LogP contribution in [-0.4, -0.2) is 5.11 Å². The summed E-state index contributed by atoms with van der Waals surface area (Å²) in [6.45, 7) is -0.205. The van der Waals surface area contributed by atoms with Crippen LogP contribution in [0.2, 0.25) is 0 Å². The van der Waals surface area contributed by atoms with Gasteiger partial charge in [-0.3, -0.25) is 0 Å². The van der Waals surface area contributed by atoms with Gasteiger partial charge < -0.3 is 5.11 Å². The van der Waals surface area contributed by atoms with Crippen molar-refractivity contribution in [1.29, 1.82) is 5.26 Å². The van der Waals surface area contributed by atoms with E-state index in [2.05, 4.69) is 0 Å². The molecular formula is C6H4FNOS. The molecular weight excluding hydrogens is 153 g/mol. The molecule has 0 saturated carbocycles. The molecule has 0 atom stereocenters. The van der Waals surface area contributed by atoms with Gasteiger partial charge in [0, 0.05) is 4.88 Å². The van der Waals surface area contributed by atoms with Crippen LogP contribution in [0.3, 0.4) is 0 Å². The fourth-order valence-electron chi connectivity index (χ4n) is 0.571. The third kappa shape index (κ3) is 1.15. The molecule has 0 radical (unpaired) electrons. The largest absolute Gasteiger partial charge is 0.391 e. The maximum atomic E-state index is 12.5. The summed E-state index contributed by atoms with van der Waals surface area (Å²) in [7, 11) is 0. The van der Waals surface area contributed by atoms with Gasteiger partial charge in [-0.25, -0.2) is 0 Å². The van der Waals surface area contributed by atoms with E-state index in [4.69, 9.17) is 10.4 Å². The first-order valence-corrected chi connectivity index (χ1v) is 3.38. The molecule has 1 rings (SSSR count). The number of rotatable bonds is 1. The summed E-state index contributed by atoms with van der Waals surface area (Å²) in [5.74, 6) is 0. The van der Waals surface area contributed by atoms with Crippen molar-refractivity contribution in [2.75, 3.05) is 0 Å². The molecule has 1 heterocycles. The van der Waals surface area contributed by atoms with Crippen molar-refractivity contribution < 1.29 is 9.50 Å². The molecule has 0 aromatic carbocycles. The van der Waals surface area contributed by atoms with Gasteiger partial charge in [0.05, 0.1) is 12.2 Å². The molecule has 52 valence electrons. The first-order chi connectivity index (χ1) is 4.77. The molecule has 0 fully saturated rings.